The number of nitrogens with one attached hydrogen (secondary N) is 1. The smallest absolute Gasteiger partial charge is 0.407 e. The Balaban J connectivity index is 0.000000982. The summed E-state index contributed by atoms with van der Waals surface area (Å²) >= 11 is 0. The Bertz CT molecular complexity index is 346. The van der Waals surface area contributed by atoms with Crippen LogP contribution in [0, 0.1) is 11.3 Å². The number of alkyl carbamates (subject to hydrolysis) is 1. The number of carbonyl (C=O) groups is 2. The van der Waals surface area contributed by atoms with Crippen molar-refractivity contribution >= 4 is 12.1 Å². The number of rotatable bonds is 3. The van der Waals surface area contributed by atoms with E-state index in [4.69, 9.17) is 9.84 Å². The fourth-order valence-corrected chi connectivity index (χ4v) is 1.65. The Morgan fingerprint density at radius 2 is 1.95 bits per heavy atom. The lowest BCUT2D eigenvalue weighted by Crippen LogP contribution is -2.38. The predicted molar refractivity (Wildman–Crippen MR) is 74.0 cm³/mol. The zero-order chi connectivity index (χ0) is 15.3. The van der Waals surface area contributed by atoms with E-state index in [9.17, 15) is 9.59 Å². The molecule has 1 fully saturated rings. The first-order chi connectivity index (χ1) is 8.59. The topological polar surface area (TPSA) is 75.6 Å². The van der Waals surface area contributed by atoms with Gasteiger partial charge in [0, 0.05) is 6.54 Å². The van der Waals surface area contributed by atoms with Crippen LogP contribution in [0.1, 0.15) is 41.0 Å². The summed E-state index contributed by atoms with van der Waals surface area (Å²) in [4.78, 5) is 22.3. The third kappa shape index (κ3) is 5.77. The third-order valence-electron chi connectivity index (χ3n) is 2.83. The molecular formula is C14H25NO4. The summed E-state index contributed by atoms with van der Waals surface area (Å²) in [6.45, 7) is 12.5. The zero-order valence-corrected chi connectivity index (χ0v) is 12.4. The second-order valence-electron chi connectivity index (χ2n) is 5.83. The Kier molecular flexibility index (Phi) is 6.06. The maximum absolute atomic E-state index is 11.3. The minimum atomic E-state index is -0.851. The average Bonchev–Trinajstić information content (AvgIpc) is 2.86. The number of hydrogen-bond acceptors (Lipinski definition) is 3. The van der Waals surface area contributed by atoms with Crippen LogP contribution in [0.3, 0.4) is 0 Å². The van der Waals surface area contributed by atoms with Crippen LogP contribution in [0.2, 0.25) is 0 Å². The van der Waals surface area contributed by atoms with Crippen LogP contribution in [0.4, 0.5) is 4.79 Å². The van der Waals surface area contributed by atoms with E-state index in [-0.39, 0.29) is 12.5 Å². The van der Waals surface area contributed by atoms with E-state index in [1.165, 1.54) is 0 Å². The molecule has 0 unspecified atom stereocenters. The van der Waals surface area contributed by atoms with Crippen molar-refractivity contribution in [1.82, 2.24) is 5.32 Å². The van der Waals surface area contributed by atoms with Crippen LogP contribution in [-0.2, 0) is 9.53 Å². The van der Waals surface area contributed by atoms with Crippen molar-refractivity contribution in [2.45, 2.75) is 46.6 Å². The number of amides is 1. The van der Waals surface area contributed by atoms with Crippen LogP contribution in [-0.4, -0.2) is 29.3 Å². The van der Waals surface area contributed by atoms with Gasteiger partial charge in [0.15, 0.2) is 0 Å². The fourth-order valence-electron chi connectivity index (χ4n) is 1.65. The van der Waals surface area contributed by atoms with Gasteiger partial charge < -0.3 is 15.2 Å². The highest BCUT2D eigenvalue weighted by Crippen LogP contribution is 2.51. The molecule has 0 aromatic carbocycles. The molecule has 110 valence electrons. The second-order valence-corrected chi connectivity index (χ2v) is 5.83. The molecule has 0 aromatic heterocycles. The fraction of sp³-hybridized carbons (Fsp3) is 0.714. The van der Waals surface area contributed by atoms with Crippen molar-refractivity contribution < 1.29 is 19.4 Å². The summed E-state index contributed by atoms with van der Waals surface area (Å²) < 4.78 is 5.03. The Morgan fingerprint density at radius 1 is 1.53 bits per heavy atom. The highest BCUT2D eigenvalue weighted by atomic mass is 16.6. The van der Waals surface area contributed by atoms with Crippen molar-refractivity contribution in [3.05, 3.63) is 12.7 Å². The van der Waals surface area contributed by atoms with E-state index in [0.29, 0.717) is 6.42 Å². The molecule has 0 aromatic rings. The summed E-state index contributed by atoms with van der Waals surface area (Å²) in [5.41, 5.74) is -1.34. The number of carbonyl (C=O) groups excluding carboxylic acids is 1. The number of carboxylic acids is 1. The maximum Gasteiger partial charge on any atom is 0.407 e. The second kappa shape index (κ2) is 6.59. The van der Waals surface area contributed by atoms with Gasteiger partial charge in [0.2, 0.25) is 0 Å². The summed E-state index contributed by atoms with van der Waals surface area (Å²) in [6, 6.07) is 0. The summed E-state index contributed by atoms with van der Waals surface area (Å²) in [5, 5.41) is 11.5. The number of allylic oxidation sites excluding steroid dienone is 1. The van der Waals surface area contributed by atoms with E-state index in [2.05, 4.69) is 11.9 Å². The van der Waals surface area contributed by atoms with Crippen LogP contribution < -0.4 is 5.32 Å². The van der Waals surface area contributed by atoms with E-state index in [1.807, 2.05) is 13.8 Å². The lowest BCUT2D eigenvalue weighted by atomic mass is 10.1. The molecular weight excluding hydrogens is 246 g/mol. The molecule has 1 amide bonds. The molecule has 5 nitrogen and oxygen atoms in total. The van der Waals surface area contributed by atoms with Crippen LogP contribution >= 0.6 is 0 Å². The first kappa shape index (κ1) is 17.5. The number of aliphatic carboxylic acids is 1. The van der Waals surface area contributed by atoms with Gasteiger partial charge >= 0.3 is 12.1 Å². The molecule has 0 bridgehead atoms. The normalized spacial score (nSPS) is 24.6. The van der Waals surface area contributed by atoms with Gasteiger partial charge in [-0.1, -0.05) is 13.0 Å². The van der Waals surface area contributed by atoms with Gasteiger partial charge in [-0.2, -0.15) is 0 Å². The van der Waals surface area contributed by atoms with Gasteiger partial charge in [-0.15, -0.1) is 6.58 Å². The van der Waals surface area contributed by atoms with E-state index in [0.717, 1.165) is 0 Å². The highest BCUT2D eigenvalue weighted by molar-refractivity contribution is 5.80. The molecule has 2 atom stereocenters. The molecule has 5 heteroatoms. The zero-order valence-electron chi connectivity index (χ0n) is 12.4. The molecule has 0 spiro atoms. The van der Waals surface area contributed by atoms with Crippen LogP contribution in [0.25, 0.3) is 0 Å². The monoisotopic (exact) mass is 271 g/mol. The number of carboxylic acid groups (broad SMARTS) is 1. The van der Waals surface area contributed by atoms with E-state index in [1.54, 1.807) is 26.8 Å². The first-order valence-electron chi connectivity index (χ1n) is 6.36. The predicted octanol–water partition coefficient (Wildman–Crippen LogP) is 2.81. The summed E-state index contributed by atoms with van der Waals surface area (Å²) in [5.74, 6) is -0.740. The first-order valence-corrected chi connectivity index (χ1v) is 6.36. The molecule has 1 aliphatic rings. The van der Waals surface area contributed by atoms with Gasteiger partial charge in [-0.3, -0.25) is 4.79 Å². The van der Waals surface area contributed by atoms with Gasteiger partial charge in [0.25, 0.3) is 0 Å². The third-order valence-corrected chi connectivity index (χ3v) is 2.83. The minimum Gasteiger partial charge on any atom is -0.481 e. The SMILES string of the molecule is C=CC.C[C@H]1C[C@@]1(CNC(=O)OC(C)(C)C)C(=O)O. The number of ether oxygens (including phenoxy) is 1. The van der Waals surface area contributed by atoms with Crippen molar-refractivity contribution in [3.63, 3.8) is 0 Å². The summed E-state index contributed by atoms with van der Waals surface area (Å²) in [7, 11) is 0. The van der Waals surface area contributed by atoms with Crippen molar-refractivity contribution in [2.75, 3.05) is 6.54 Å². The Labute approximate surface area is 115 Å². The highest BCUT2D eigenvalue weighted by Gasteiger charge is 2.57. The molecule has 0 saturated heterocycles. The van der Waals surface area contributed by atoms with Gasteiger partial charge in [0.05, 0.1) is 5.41 Å². The largest absolute Gasteiger partial charge is 0.481 e. The lowest BCUT2D eigenvalue weighted by molar-refractivity contribution is -0.143. The molecule has 0 radical (unpaired) electrons. The molecule has 1 rings (SSSR count). The van der Waals surface area contributed by atoms with E-state index < -0.39 is 23.1 Å². The average molecular weight is 271 g/mol. The molecule has 1 saturated carbocycles. The Hall–Kier alpha value is -1.52. The van der Waals surface area contributed by atoms with Crippen LogP contribution in [0.15, 0.2) is 12.7 Å². The minimum absolute atomic E-state index is 0.111. The quantitative estimate of drug-likeness (QED) is 0.774. The molecule has 2 N–H and O–H groups in total. The van der Waals surface area contributed by atoms with Crippen molar-refractivity contribution in [3.8, 4) is 0 Å². The van der Waals surface area contributed by atoms with Gasteiger partial charge in [-0.25, -0.2) is 4.79 Å². The molecule has 19 heavy (non-hydrogen) atoms. The Morgan fingerprint density at radius 3 is 2.21 bits per heavy atom. The number of hydrogen-bond donors (Lipinski definition) is 2. The maximum atomic E-state index is 11.3. The molecule has 1 aliphatic carbocycles. The van der Waals surface area contributed by atoms with Crippen LogP contribution in [0.5, 0.6) is 0 Å². The van der Waals surface area contributed by atoms with E-state index >= 15 is 0 Å². The van der Waals surface area contributed by atoms with Crippen molar-refractivity contribution in [2.24, 2.45) is 11.3 Å². The molecule has 0 aliphatic heterocycles. The standard InChI is InChI=1S/C11H19NO4.C3H6/c1-7-5-11(7,8(13)14)6-12-9(15)16-10(2,3)4;1-3-2/h7H,5-6H2,1-4H3,(H,12,15)(H,13,14);3H,1H2,2H3/t7-,11-;/m0./s1. The molecule has 0 heterocycles. The van der Waals surface area contributed by atoms with Gasteiger partial charge in [0.1, 0.15) is 5.60 Å². The summed E-state index contributed by atoms with van der Waals surface area (Å²) in [6.07, 6.45) is 1.80. The van der Waals surface area contributed by atoms with Crippen molar-refractivity contribution in [1.29, 1.82) is 0 Å². The lowest BCUT2D eigenvalue weighted by Gasteiger charge is -2.20. The van der Waals surface area contributed by atoms with Gasteiger partial charge in [-0.05, 0) is 40.0 Å².